The molecule has 0 atom stereocenters. The Morgan fingerprint density at radius 2 is 1.88 bits per heavy atom. The van der Waals surface area contributed by atoms with Crippen LogP contribution in [-0.2, 0) is 4.79 Å². The van der Waals surface area contributed by atoms with E-state index in [1.54, 1.807) is 4.68 Å². The fourth-order valence-corrected chi connectivity index (χ4v) is 3.42. The Kier molecular flexibility index (Phi) is 8.30. The number of nitrogens with zero attached hydrogens (tertiary/aromatic N) is 6. The number of hydrogen-bond donors (Lipinski definition) is 1. The second kappa shape index (κ2) is 11.6. The average molecular weight is 444 g/mol. The number of unbranched alkanes of at least 4 members (excludes halogenated alkanes) is 1. The fraction of sp³-hybridized carbons (Fsp3) is 0.320. The largest absolute Gasteiger partial charge is 0.372 e. The molecule has 2 aromatic carbocycles. The van der Waals surface area contributed by atoms with Gasteiger partial charge in [-0.05, 0) is 50.6 Å². The van der Waals surface area contributed by atoms with Gasteiger partial charge in [-0.1, -0.05) is 31.5 Å². The van der Waals surface area contributed by atoms with E-state index in [1.807, 2.05) is 48.5 Å². The van der Waals surface area contributed by atoms with Crippen LogP contribution in [0.25, 0.3) is 5.69 Å². The molecular formula is C25H29N7O. The van der Waals surface area contributed by atoms with E-state index in [0.29, 0.717) is 29.2 Å². The van der Waals surface area contributed by atoms with Crippen molar-refractivity contribution in [1.29, 1.82) is 5.26 Å². The maximum absolute atomic E-state index is 12.5. The van der Waals surface area contributed by atoms with Gasteiger partial charge in [0.05, 0.1) is 17.6 Å². The minimum Gasteiger partial charge on any atom is -0.372 e. The van der Waals surface area contributed by atoms with E-state index in [-0.39, 0.29) is 5.91 Å². The number of carbonyl (C=O) groups excluding carboxylic acids is 1. The van der Waals surface area contributed by atoms with Crippen molar-refractivity contribution in [3.05, 3.63) is 60.3 Å². The van der Waals surface area contributed by atoms with E-state index >= 15 is 0 Å². The molecule has 0 aliphatic rings. The third kappa shape index (κ3) is 5.83. The highest BCUT2D eigenvalue weighted by molar-refractivity contribution is 5.94. The molecule has 3 aromatic rings. The molecule has 0 aliphatic heterocycles. The molecule has 8 nitrogen and oxygen atoms in total. The van der Waals surface area contributed by atoms with Crippen molar-refractivity contribution in [2.75, 3.05) is 23.3 Å². The summed E-state index contributed by atoms with van der Waals surface area (Å²) in [4.78, 5) is 14.7. The van der Waals surface area contributed by atoms with Crippen molar-refractivity contribution in [2.45, 2.75) is 40.0 Å². The van der Waals surface area contributed by atoms with Crippen LogP contribution in [-0.4, -0.2) is 28.8 Å². The molecule has 0 fully saturated rings. The van der Waals surface area contributed by atoms with Crippen molar-refractivity contribution in [3.8, 4) is 11.8 Å². The molecular weight excluding hydrogens is 414 g/mol. The summed E-state index contributed by atoms with van der Waals surface area (Å²) >= 11 is 0. The Morgan fingerprint density at radius 3 is 2.55 bits per heavy atom. The Morgan fingerprint density at radius 1 is 1.12 bits per heavy atom. The second-order valence-corrected chi connectivity index (χ2v) is 7.47. The van der Waals surface area contributed by atoms with Crippen LogP contribution >= 0.6 is 0 Å². The summed E-state index contributed by atoms with van der Waals surface area (Å²) in [5.74, 6) is 0.275. The molecule has 1 N–H and O–H groups in total. The molecule has 0 saturated carbocycles. The fourth-order valence-electron chi connectivity index (χ4n) is 3.42. The lowest BCUT2D eigenvalue weighted by atomic mass is 10.2. The standard InChI is InChI=1S/C25H29N7O/c1-4-7-13-24(33)28-23-16-21(31(5-2)6-3)14-15-22(23)29-30-25-19(17-26)18-27-32(25)20-11-9-8-10-12-20/h8-12,14-16,18H,4-7,13H2,1-3H3,(H,28,33). The highest BCUT2D eigenvalue weighted by atomic mass is 16.1. The zero-order valence-corrected chi connectivity index (χ0v) is 19.3. The van der Waals surface area contributed by atoms with Gasteiger partial charge in [0, 0.05) is 25.2 Å². The first kappa shape index (κ1) is 23.7. The van der Waals surface area contributed by atoms with Crippen LogP contribution < -0.4 is 10.2 Å². The third-order valence-electron chi connectivity index (χ3n) is 5.26. The number of aromatic nitrogens is 2. The molecule has 0 spiro atoms. The van der Waals surface area contributed by atoms with E-state index in [2.05, 4.69) is 52.4 Å². The molecule has 0 bridgehead atoms. The zero-order chi connectivity index (χ0) is 23.6. The lowest BCUT2D eigenvalue weighted by molar-refractivity contribution is -0.116. The van der Waals surface area contributed by atoms with E-state index in [0.717, 1.165) is 37.3 Å². The SMILES string of the molecule is CCCCC(=O)Nc1cc(N(CC)CC)ccc1N=Nc1c(C#N)cnn1-c1ccccc1. The predicted molar refractivity (Wildman–Crippen MR) is 131 cm³/mol. The summed E-state index contributed by atoms with van der Waals surface area (Å²) in [6.45, 7) is 7.93. The van der Waals surface area contributed by atoms with Gasteiger partial charge in [0.15, 0.2) is 5.82 Å². The number of benzene rings is 2. The van der Waals surface area contributed by atoms with Crippen molar-refractivity contribution >= 4 is 28.8 Å². The van der Waals surface area contributed by atoms with Crippen LogP contribution in [0, 0.1) is 11.3 Å². The molecule has 1 amide bonds. The Hall–Kier alpha value is -3.99. The Bertz CT molecular complexity index is 1140. The van der Waals surface area contributed by atoms with Gasteiger partial charge in [-0.15, -0.1) is 10.2 Å². The first-order valence-corrected chi connectivity index (χ1v) is 11.2. The number of rotatable bonds is 10. The van der Waals surface area contributed by atoms with E-state index in [1.165, 1.54) is 6.20 Å². The maximum atomic E-state index is 12.5. The van der Waals surface area contributed by atoms with Gasteiger partial charge in [0.2, 0.25) is 5.91 Å². The van der Waals surface area contributed by atoms with Gasteiger partial charge >= 0.3 is 0 Å². The van der Waals surface area contributed by atoms with E-state index in [9.17, 15) is 10.1 Å². The van der Waals surface area contributed by atoms with E-state index in [4.69, 9.17) is 0 Å². The van der Waals surface area contributed by atoms with Crippen LogP contribution in [0.2, 0.25) is 0 Å². The number of nitrogens with one attached hydrogen (secondary N) is 1. The summed E-state index contributed by atoms with van der Waals surface area (Å²) in [5, 5.41) is 25.6. The first-order valence-electron chi connectivity index (χ1n) is 11.2. The molecule has 0 saturated heterocycles. The zero-order valence-electron chi connectivity index (χ0n) is 19.3. The molecule has 1 aromatic heterocycles. The predicted octanol–water partition coefficient (Wildman–Crippen LogP) is 6.13. The third-order valence-corrected chi connectivity index (χ3v) is 5.26. The van der Waals surface area contributed by atoms with Gasteiger partial charge < -0.3 is 10.2 Å². The van der Waals surface area contributed by atoms with Crippen molar-refractivity contribution < 1.29 is 4.79 Å². The normalized spacial score (nSPS) is 10.8. The number of carbonyl (C=O) groups is 1. The number of amides is 1. The van der Waals surface area contributed by atoms with Crippen LogP contribution in [0.3, 0.4) is 0 Å². The minimum absolute atomic E-state index is 0.0583. The minimum atomic E-state index is -0.0583. The number of nitriles is 1. The van der Waals surface area contributed by atoms with Crippen LogP contribution in [0.5, 0.6) is 0 Å². The Labute approximate surface area is 194 Å². The number of para-hydroxylation sites is 1. The number of azo groups is 1. The first-order chi connectivity index (χ1) is 16.1. The van der Waals surface area contributed by atoms with Crippen molar-refractivity contribution in [1.82, 2.24) is 9.78 Å². The average Bonchev–Trinajstić information content (AvgIpc) is 3.26. The Balaban J connectivity index is 2.00. The highest BCUT2D eigenvalue weighted by Crippen LogP contribution is 2.33. The quantitative estimate of drug-likeness (QED) is 0.381. The number of hydrogen-bond acceptors (Lipinski definition) is 6. The van der Waals surface area contributed by atoms with Gasteiger partial charge in [-0.3, -0.25) is 4.79 Å². The molecule has 0 unspecified atom stereocenters. The highest BCUT2D eigenvalue weighted by Gasteiger charge is 2.14. The maximum Gasteiger partial charge on any atom is 0.224 e. The van der Waals surface area contributed by atoms with Crippen molar-refractivity contribution in [2.24, 2.45) is 10.2 Å². The van der Waals surface area contributed by atoms with Gasteiger partial charge in [-0.25, -0.2) is 4.68 Å². The number of anilines is 2. The summed E-state index contributed by atoms with van der Waals surface area (Å²) in [6.07, 6.45) is 3.68. The smallest absolute Gasteiger partial charge is 0.224 e. The second-order valence-electron chi connectivity index (χ2n) is 7.47. The molecule has 1 heterocycles. The molecule has 170 valence electrons. The van der Waals surface area contributed by atoms with Crippen LogP contribution in [0.1, 0.15) is 45.6 Å². The van der Waals surface area contributed by atoms with Crippen LogP contribution in [0.15, 0.2) is 65.0 Å². The monoisotopic (exact) mass is 443 g/mol. The lowest BCUT2D eigenvalue weighted by Gasteiger charge is -2.22. The van der Waals surface area contributed by atoms with E-state index < -0.39 is 0 Å². The summed E-state index contributed by atoms with van der Waals surface area (Å²) in [5.41, 5.74) is 3.19. The topological polar surface area (TPSA) is 98.7 Å². The van der Waals surface area contributed by atoms with Gasteiger partial charge in [0.25, 0.3) is 0 Å². The lowest BCUT2D eigenvalue weighted by Crippen LogP contribution is -2.22. The molecule has 0 aliphatic carbocycles. The van der Waals surface area contributed by atoms with Crippen LogP contribution in [0.4, 0.5) is 22.9 Å². The van der Waals surface area contributed by atoms with Crippen molar-refractivity contribution in [3.63, 3.8) is 0 Å². The summed E-state index contributed by atoms with van der Waals surface area (Å²) < 4.78 is 1.58. The molecule has 0 radical (unpaired) electrons. The molecule has 8 heteroatoms. The molecule has 33 heavy (non-hydrogen) atoms. The summed E-state index contributed by atoms with van der Waals surface area (Å²) in [6, 6.07) is 17.3. The van der Waals surface area contributed by atoms with Gasteiger partial charge in [-0.2, -0.15) is 10.4 Å². The molecule has 3 rings (SSSR count). The summed E-state index contributed by atoms with van der Waals surface area (Å²) in [7, 11) is 0. The van der Waals surface area contributed by atoms with Gasteiger partial charge in [0.1, 0.15) is 17.3 Å².